The van der Waals surface area contributed by atoms with Crippen LogP contribution in [0.2, 0.25) is 0 Å². The minimum atomic E-state index is -1.51. The van der Waals surface area contributed by atoms with E-state index >= 15 is 0 Å². The molecule has 0 bridgehead atoms. The number of hydrogen-bond donors (Lipinski definition) is 9. The molecule has 12 N–H and O–H groups in total. The van der Waals surface area contributed by atoms with Crippen LogP contribution in [0.3, 0.4) is 0 Å². The first-order valence-corrected chi connectivity index (χ1v) is 11.1. The number of nitrogens with two attached hydrogens (primary N) is 3. The minimum absolute atomic E-state index is 0.467. The third-order valence-electron chi connectivity index (χ3n) is 6.53. The molecule has 15 atom stereocenters. The Bertz CT molecular complexity index is 648. The van der Waals surface area contributed by atoms with Gasteiger partial charge in [-0.25, -0.2) is 0 Å². The van der Waals surface area contributed by atoms with E-state index in [1.165, 1.54) is 7.11 Å². The summed E-state index contributed by atoms with van der Waals surface area (Å²) in [5, 5.41) is 60.5. The largest absolute Gasteiger partial charge is 0.394 e. The molecule has 0 amide bonds. The van der Waals surface area contributed by atoms with Crippen LogP contribution in [0.25, 0.3) is 0 Å². The van der Waals surface area contributed by atoms with E-state index in [0.717, 1.165) is 0 Å². The van der Waals surface area contributed by atoms with Crippen LogP contribution < -0.4 is 17.2 Å². The summed E-state index contributed by atoms with van der Waals surface area (Å²) in [6.07, 6.45) is -14.0. The maximum atomic E-state index is 10.8. The molecule has 200 valence electrons. The van der Waals surface area contributed by atoms with Crippen molar-refractivity contribution in [3.05, 3.63) is 0 Å². The zero-order chi connectivity index (χ0) is 25.3. The van der Waals surface area contributed by atoms with Gasteiger partial charge >= 0.3 is 0 Å². The Balaban J connectivity index is 1.68. The second-order valence-electron chi connectivity index (χ2n) is 8.79. The van der Waals surface area contributed by atoms with Gasteiger partial charge in [0.05, 0.1) is 37.4 Å². The molecule has 3 aliphatic heterocycles. The summed E-state index contributed by atoms with van der Waals surface area (Å²) in [5.41, 5.74) is 17.9. The van der Waals surface area contributed by atoms with Gasteiger partial charge in [0.25, 0.3) is 0 Å². The highest BCUT2D eigenvalue weighted by atomic mass is 16.7. The predicted octanol–water partition coefficient (Wildman–Crippen LogP) is -5.99. The van der Waals surface area contributed by atoms with Gasteiger partial charge in [-0.1, -0.05) is 0 Å². The highest BCUT2D eigenvalue weighted by Crippen LogP contribution is 2.31. The molecule has 0 saturated carbocycles. The molecule has 15 nitrogen and oxygen atoms in total. The minimum Gasteiger partial charge on any atom is -0.394 e. The summed E-state index contributed by atoms with van der Waals surface area (Å²) in [7, 11) is 1.34. The van der Waals surface area contributed by atoms with E-state index in [1.807, 2.05) is 0 Å². The average Bonchev–Trinajstić information content (AvgIpc) is 2.82. The van der Waals surface area contributed by atoms with E-state index in [4.69, 9.17) is 45.6 Å². The number of rotatable bonds is 7. The van der Waals surface area contributed by atoms with Crippen LogP contribution in [0, 0.1) is 0 Å². The summed E-state index contributed by atoms with van der Waals surface area (Å²) >= 11 is 0. The lowest BCUT2D eigenvalue weighted by molar-refractivity contribution is -0.344. The number of ether oxygens (including phenoxy) is 6. The van der Waals surface area contributed by atoms with Crippen molar-refractivity contribution in [2.24, 2.45) is 17.2 Å². The lowest BCUT2D eigenvalue weighted by Crippen LogP contribution is -2.68. The van der Waals surface area contributed by atoms with E-state index in [9.17, 15) is 30.6 Å². The smallest absolute Gasteiger partial charge is 0.176 e. The Kier molecular flexibility index (Phi) is 9.57. The van der Waals surface area contributed by atoms with E-state index in [-0.39, 0.29) is 0 Å². The summed E-state index contributed by atoms with van der Waals surface area (Å²) in [5.74, 6) is 0. The fourth-order valence-corrected chi connectivity index (χ4v) is 4.43. The van der Waals surface area contributed by atoms with Crippen LogP contribution in [0.15, 0.2) is 0 Å². The molecule has 0 aromatic heterocycles. The Hall–Kier alpha value is -0.600. The quantitative estimate of drug-likeness (QED) is 0.158. The van der Waals surface area contributed by atoms with Gasteiger partial charge in [0.1, 0.15) is 48.8 Å². The molecule has 3 rings (SSSR count). The predicted molar refractivity (Wildman–Crippen MR) is 111 cm³/mol. The van der Waals surface area contributed by atoms with Crippen LogP contribution in [0.1, 0.15) is 6.92 Å². The molecular formula is C19H37N3O12. The Labute approximate surface area is 196 Å². The Morgan fingerprint density at radius 2 is 1.15 bits per heavy atom. The first kappa shape index (κ1) is 28.0. The van der Waals surface area contributed by atoms with Crippen molar-refractivity contribution >= 4 is 0 Å². The third-order valence-corrected chi connectivity index (χ3v) is 6.53. The maximum absolute atomic E-state index is 10.8. The molecule has 0 aliphatic carbocycles. The molecule has 3 fully saturated rings. The third kappa shape index (κ3) is 5.39. The van der Waals surface area contributed by atoms with Gasteiger partial charge in [-0.15, -0.1) is 0 Å². The Morgan fingerprint density at radius 3 is 1.71 bits per heavy atom. The van der Waals surface area contributed by atoms with Gasteiger partial charge in [0.15, 0.2) is 18.9 Å². The van der Waals surface area contributed by atoms with E-state index in [2.05, 4.69) is 0 Å². The summed E-state index contributed by atoms with van der Waals surface area (Å²) in [6, 6.07) is -3.47. The number of methoxy groups -OCH3 is 1. The van der Waals surface area contributed by atoms with Gasteiger partial charge in [-0.05, 0) is 6.92 Å². The van der Waals surface area contributed by atoms with Gasteiger partial charge in [-0.2, -0.15) is 0 Å². The zero-order valence-corrected chi connectivity index (χ0v) is 18.9. The lowest BCUT2D eigenvalue weighted by atomic mass is 9.95. The van der Waals surface area contributed by atoms with Crippen molar-refractivity contribution in [2.75, 3.05) is 20.3 Å². The number of hydrogen-bond acceptors (Lipinski definition) is 15. The molecule has 15 unspecified atom stereocenters. The topological polar surface area (TPSA) is 255 Å². The fourth-order valence-electron chi connectivity index (χ4n) is 4.43. The fraction of sp³-hybridized carbons (Fsp3) is 1.00. The summed E-state index contributed by atoms with van der Waals surface area (Å²) in [6.45, 7) is 0.506. The van der Waals surface area contributed by atoms with Gasteiger partial charge in [0, 0.05) is 7.11 Å². The summed E-state index contributed by atoms with van der Waals surface area (Å²) < 4.78 is 33.3. The van der Waals surface area contributed by atoms with Gasteiger partial charge in [0.2, 0.25) is 0 Å². The molecule has 0 aromatic carbocycles. The van der Waals surface area contributed by atoms with Crippen LogP contribution in [0.5, 0.6) is 0 Å². The highest BCUT2D eigenvalue weighted by Gasteiger charge is 2.51. The monoisotopic (exact) mass is 499 g/mol. The van der Waals surface area contributed by atoms with Crippen molar-refractivity contribution in [3.63, 3.8) is 0 Å². The van der Waals surface area contributed by atoms with Crippen LogP contribution in [-0.2, 0) is 28.4 Å². The first-order valence-electron chi connectivity index (χ1n) is 11.1. The second-order valence-corrected chi connectivity index (χ2v) is 8.79. The van der Waals surface area contributed by atoms with E-state index in [1.54, 1.807) is 6.92 Å². The number of aliphatic hydroxyl groups excluding tert-OH is 6. The molecule has 0 aromatic rings. The zero-order valence-electron chi connectivity index (χ0n) is 18.9. The normalized spacial score (nSPS) is 52.5. The van der Waals surface area contributed by atoms with E-state index in [0.29, 0.717) is 0 Å². The van der Waals surface area contributed by atoms with Crippen molar-refractivity contribution < 1.29 is 59.1 Å². The second kappa shape index (κ2) is 11.6. The van der Waals surface area contributed by atoms with Crippen LogP contribution in [-0.4, -0.2) is 143 Å². The van der Waals surface area contributed by atoms with Crippen molar-refractivity contribution in [1.82, 2.24) is 0 Å². The number of aliphatic hydroxyl groups is 6. The van der Waals surface area contributed by atoms with Crippen LogP contribution >= 0.6 is 0 Å². The molecule has 34 heavy (non-hydrogen) atoms. The first-order chi connectivity index (χ1) is 16.0. The molecule has 3 saturated heterocycles. The molecule has 0 radical (unpaired) electrons. The average molecular weight is 500 g/mol. The van der Waals surface area contributed by atoms with Gasteiger partial charge < -0.3 is 76.3 Å². The molecular weight excluding hydrogens is 462 g/mol. The Morgan fingerprint density at radius 1 is 0.676 bits per heavy atom. The summed E-state index contributed by atoms with van der Waals surface area (Å²) in [4.78, 5) is 0. The van der Waals surface area contributed by atoms with Gasteiger partial charge in [-0.3, -0.25) is 0 Å². The van der Waals surface area contributed by atoms with Crippen molar-refractivity contribution in [1.29, 1.82) is 0 Å². The molecule has 15 heteroatoms. The van der Waals surface area contributed by atoms with Crippen molar-refractivity contribution in [2.45, 2.75) is 98.9 Å². The molecule has 3 heterocycles. The van der Waals surface area contributed by atoms with Crippen LogP contribution in [0.4, 0.5) is 0 Å². The van der Waals surface area contributed by atoms with E-state index < -0.39 is 105 Å². The standard InChI is InChI=1S/C19H37N3O12/c1-5-14(33-19-10(22)13(27)15(29-2)6(3-23)32-19)12(26)9(21)18(30-5)34-16-7(4-24)31-17(28)8(20)11(16)25/h5-19,23-28H,3-4,20-22H2,1-2H3. The molecule has 3 aliphatic rings. The maximum Gasteiger partial charge on any atom is 0.176 e. The molecule has 0 spiro atoms. The van der Waals surface area contributed by atoms with Crippen molar-refractivity contribution in [3.8, 4) is 0 Å². The lowest BCUT2D eigenvalue weighted by Gasteiger charge is -2.48. The highest BCUT2D eigenvalue weighted by molar-refractivity contribution is 4.98. The SMILES string of the molecule is COC1C(CO)OC(OC2C(C)OC(OC3C(CO)OC(O)C(N)C3O)C(N)C2O)C(N)C1O.